The lowest BCUT2D eigenvalue weighted by Gasteiger charge is -2.27. The monoisotopic (exact) mass is 512 g/mol. The highest BCUT2D eigenvalue weighted by Gasteiger charge is 2.40. The van der Waals surface area contributed by atoms with Crippen molar-refractivity contribution < 1.29 is 17.9 Å². The van der Waals surface area contributed by atoms with Crippen LogP contribution in [0.2, 0.25) is 25.7 Å². The average molecular weight is 513 g/mol. The number of aromatic nitrogens is 2. The molecular formula is C25H32N4O4SSi. The van der Waals surface area contributed by atoms with Gasteiger partial charge in [-0.1, -0.05) is 37.3 Å². The maximum atomic E-state index is 13.7. The van der Waals surface area contributed by atoms with E-state index in [9.17, 15) is 13.7 Å². The molecule has 1 aliphatic rings. The number of benzene rings is 1. The summed E-state index contributed by atoms with van der Waals surface area (Å²) in [6.07, 6.45) is 1.88. The van der Waals surface area contributed by atoms with E-state index in [1.165, 1.54) is 4.31 Å². The molecular weight excluding hydrogens is 480 g/mol. The quantitative estimate of drug-likeness (QED) is 0.334. The molecule has 8 nitrogen and oxygen atoms in total. The average Bonchev–Trinajstić information content (AvgIpc) is 3.12. The Hall–Kier alpha value is -2.87. The number of nitriles is 1. The van der Waals surface area contributed by atoms with Crippen molar-refractivity contribution in [2.75, 3.05) is 24.1 Å². The van der Waals surface area contributed by atoms with Crippen molar-refractivity contribution in [2.24, 2.45) is 5.41 Å². The Morgan fingerprint density at radius 1 is 1.23 bits per heavy atom. The summed E-state index contributed by atoms with van der Waals surface area (Å²) in [5.41, 5.74) is 0.889. The number of hydrogen-bond acceptors (Lipinski definition) is 6. The molecule has 10 heteroatoms. The predicted molar refractivity (Wildman–Crippen MR) is 139 cm³/mol. The van der Waals surface area contributed by atoms with E-state index >= 15 is 0 Å². The van der Waals surface area contributed by atoms with Gasteiger partial charge in [-0.05, 0) is 44.2 Å². The van der Waals surface area contributed by atoms with Gasteiger partial charge < -0.3 is 14.0 Å². The van der Waals surface area contributed by atoms with E-state index in [1.807, 2.05) is 23.8 Å². The second-order valence-corrected chi connectivity index (χ2v) is 18.1. The van der Waals surface area contributed by atoms with Crippen LogP contribution in [0.5, 0.6) is 5.88 Å². The summed E-state index contributed by atoms with van der Waals surface area (Å²) in [7, 11) is -5.15. The molecule has 0 radical (unpaired) electrons. The molecule has 1 unspecified atom stereocenters. The van der Waals surface area contributed by atoms with Crippen LogP contribution >= 0.6 is 0 Å². The van der Waals surface area contributed by atoms with Gasteiger partial charge in [-0.2, -0.15) is 10.2 Å². The van der Waals surface area contributed by atoms with E-state index in [0.717, 1.165) is 17.0 Å². The normalized spacial score (nSPS) is 18.6. The van der Waals surface area contributed by atoms with E-state index in [0.29, 0.717) is 24.7 Å². The Kier molecular flexibility index (Phi) is 6.70. The lowest BCUT2D eigenvalue weighted by atomic mass is 9.94. The second kappa shape index (κ2) is 9.30. The number of fused-ring (bicyclic) bond motifs is 2. The molecule has 0 N–H and O–H groups in total. The molecule has 3 aromatic rings. The maximum Gasteiger partial charge on any atom is 0.264 e. The van der Waals surface area contributed by atoms with Crippen LogP contribution in [0.1, 0.15) is 12.5 Å². The summed E-state index contributed by atoms with van der Waals surface area (Å²) in [5, 5.41) is 10.6. The molecule has 0 saturated carbocycles. The first-order valence-electron chi connectivity index (χ1n) is 11.6. The van der Waals surface area contributed by atoms with Gasteiger partial charge in [0.1, 0.15) is 30.1 Å². The van der Waals surface area contributed by atoms with E-state index in [-0.39, 0.29) is 23.9 Å². The van der Waals surface area contributed by atoms with E-state index in [4.69, 9.17) is 9.47 Å². The highest BCUT2D eigenvalue weighted by molar-refractivity contribution is 7.92. The molecule has 3 heterocycles. The van der Waals surface area contributed by atoms with Gasteiger partial charge in [0.2, 0.25) is 5.88 Å². The van der Waals surface area contributed by atoms with E-state index in [1.54, 1.807) is 37.3 Å². The molecule has 2 aromatic heterocycles. The highest BCUT2D eigenvalue weighted by Crippen LogP contribution is 2.39. The smallest absolute Gasteiger partial charge is 0.264 e. The zero-order valence-electron chi connectivity index (χ0n) is 20.9. The fourth-order valence-electron chi connectivity index (χ4n) is 3.81. The number of aryl methyl sites for hydroxylation is 1. The zero-order valence-corrected chi connectivity index (χ0v) is 22.7. The summed E-state index contributed by atoms with van der Waals surface area (Å²) < 4.78 is 42.4. The summed E-state index contributed by atoms with van der Waals surface area (Å²) >= 11 is 0. The van der Waals surface area contributed by atoms with Crippen LogP contribution in [-0.2, 0) is 21.5 Å². The standard InChI is InChI=1S/C25H32N4O4SSi/c1-19-6-8-21(9-7-19)34(30,31)29-16-25(2,15-26)17-33-24-22(29)14-20-10-11-28(23(20)27-24)18-32-12-13-35(3,4)5/h6-11,14H,12-13,16-18H2,1-5H3. The third kappa shape index (κ3) is 5.37. The van der Waals surface area contributed by atoms with Gasteiger partial charge in [0, 0.05) is 26.3 Å². The minimum atomic E-state index is -3.96. The molecule has 35 heavy (non-hydrogen) atoms. The number of nitrogens with zero attached hydrogens (tertiary/aromatic N) is 4. The molecule has 0 aliphatic carbocycles. The van der Waals surface area contributed by atoms with Gasteiger partial charge >= 0.3 is 0 Å². The molecule has 0 bridgehead atoms. The Morgan fingerprint density at radius 3 is 2.60 bits per heavy atom. The predicted octanol–water partition coefficient (Wildman–Crippen LogP) is 4.77. The first kappa shape index (κ1) is 25.2. The van der Waals surface area contributed by atoms with Gasteiger partial charge in [-0.25, -0.2) is 8.42 Å². The van der Waals surface area contributed by atoms with E-state index < -0.39 is 23.5 Å². The molecule has 1 atom stereocenters. The van der Waals surface area contributed by atoms with Crippen molar-refractivity contribution in [3.63, 3.8) is 0 Å². The van der Waals surface area contributed by atoms with Crippen LogP contribution in [0.4, 0.5) is 5.69 Å². The summed E-state index contributed by atoms with van der Waals surface area (Å²) in [6.45, 7) is 11.5. The Labute approximate surface area is 208 Å². The lowest BCUT2D eigenvalue weighted by molar-refractivity contribution is 0.0898. The van der Waals surface area contributed by atoms with Crippen LogP contribution in [0.3, 0.4) is 0 Å². The van der Waals surface area contributed by atoms with Gasteiger partial charge in [0.25, 0.3) is 10.0 Å². The third-order valence-corrected chi connectivity index (χ3v) is 9.56. The summed E-state index contributed by atoms with van der Waals surface area (Å²) in [5.74, 6) is 0.189. The molecule has 1 aliphatic heterocycles. The molecule has 0 fully saturated rings. The molecule has 0 amide bonds. The van der Waals surface area contributed by atoms with Crippen LogP contribution in [0.15, 0.2) is 47.5 Å². The van der Waals surface area contributed by atoms with E-state index in [2.05, 4.69) is 30.7 Å². The third-order valence-electron chi connectivity index (χ3n) is 6.08. The number of sulfonamides is 1. The van der Waals surface area contributed by atoms with Crippen LogP contribution < -0.4 is 9.04 Å². The van der Waals surface area contributed by atoms with Crippen LogP contribution in [-0.4, -0.2) is 45.8 Å². The topological polar surface area (TPSA) is 97.5 Å². The molecule has 0 saturated heterocycles. The number of pyridine rings is 1. The van der Waals surface area contributed by atoms with Crippen molar-refractivity contribution in [2.45, 2.75) is 51.2 Å². The van der Waals surface area contributed by atoms with Gasteiger partial charge in [-0.15, -0.1) is 0 Å². The van der Waals surface area contributed by atoms with Crippen molar-refractivity contribution in [3.05, 3.63) is 48.2 Å². The maximum absolute atomic E-state index is 13.7. The van der Waals surface area contributed by atoms with Crippen LogP contribution in [0.25, 0.3) is 11.0 Å². The number of hydrogen-bond donors (Lipinski definition) is 0. The number of ether oxygens (including phenoxy) is 2. The van der Waals surface area contributed by atoms with Gasteiger partial charge in [0.15, 0.2) is 0 Å². The molecule has 4 rings (SSSR count). The van der Waals surface area contributed by atoms with Gasteiger partial charge in [-0.3, -0.25) is 4.31 Å². The Morgan fingerprint density at radius 2 is 1.94 bits per heavy atom. The first-order chi connectivity index (χ1) is 16.4. The first-order valence-corrected chi connectivity index (χ1v) is 16.8. The molecule has 186 valence electrons. The van der Waals surface area contributed by atoms with Crippen molar-refractivity contribution in [1.29, 1.82) is 5.26 Å². The van der Waals surface area contributed by atoms with Crippen molar-refractivity contribution in [1.82, 2.24) is 9.55 Å². The largest absolute Gasteiger partial charge is 0.474 e. The summed E-state index contributed by atoms with van der Waals surface area (Å²) in [4.78, 5) is 4.85. The fraction of sp³-hybridized carbons (Fsp3) is 0.440. The minimum absolute atomic E-state index is 0.0301. The van der Waals surface area contributed by atoms with Crippen molar-refractivity contribution in [3.8, 4) is 11.9 Å². The molecule has 1 aromatic carbocycles. The highest BCUT2D eigenvalue weighted by atomic mass is 32.2. The number of anilines is 1. The minimum Gasteiger partial charge on any atom is -0.474 e. The van der Waals surface area contributed by atoms with Gasteiger partial charge in [0.05, 0.1) is 17.5 Å². The summed E-state index contributed by atoms with van der Waals surface area (Å²) in [6, 6.07) is 13.6. The second-order valence-electron chi connectivity index (χ2n) is 10.6. The lowest BCUT2D eigenvalue weighted by Crippen LogP contribution is -2.40. The Balaban J connectivity index is 1.73. The fourth-order valence-corrected chi connectivity index (χ4v) is 6.15. The SMILES string of the molecule is Cc1ccc(S(=O)(=O)N2CC(C)(C#N)COc3nc4c(ccn4COCC[Si](C)(C)C)cc32)cc1. The number of rotatable bonds is 7. The van der Waals surface area contributed by atoms with Crippen molar-refractivity contribution >= 4 is 34.8 Å². The van der Waals surface area contributed by atoms with Crippen LogP contribution in [0, 0.1) is 23.7 Å². The zero-order chi connectivity index (χ0) is 25.4. The molecule has 0 spiro atoms. The Bertz CT molecular complexity index is 1370.